The Bertz CT molecular complexity index is 207. The summed E-state index contributed by atoms with van der Waals surface area (Å²) in [6.07, 6.45) is 0.522. The van der Waals surface area contributed by atoms with Gasteiger partial charge in [0.1, 0.15) is 12.1 Å². The second kappa shape index (κ2) is 4.92. The number of hydrogen-bond donors (Lipinski definition) is 2. The van der Waals surface area contributed by atoms with Gasteiger partial charge in [0.05, 0.1) is 13.2 Å². The van der Waals surface area contributed by atoms with Crippen molar-refractivity contribution in [3.8, 4) is 0 Å². The van der Waals surface area contributed by atoms with E-state index in [9.17, 15) is 9.59 Å². The molecule has 0 aromatic rings. The molecule has 0 saturated carbocycles. The SMILES string of the molecule is N[C@H]1CCOC(=O)[C@@H](N)CCOC1=O. The van der Waals surface area contributed by atoms with Crippen molar-refractivity contribution < 1.29 is 19.1 Å². The van der Waals surface area contributed by atoms with Crippen LogP contribution in [0, 0.1) is 0 Å². The lowest BCUT2D eigenvalue weighted by Gasteiger charge is -2.17. The van der Waals surface area contributed by atoms with Crippen LogP contribution in [0.3, 0.4) is 0 Å². The van der Waals surface area contributed by atoms with Gasteiger partial charge in [0.25, 0.3) is 0 Å². The third-order valence-corrected chi connectivity index (χ3v) is 1.95. The summed E-state index contributed by atoms with van der Waals surface area (Å²) >= 11 is 0. The summed E-state index contributed by atoms with van der Waals surface area (Å²) in [4.78, 5) is 22.2. The van der Waals surface area contributed by atoms with E-state index < -0.39 is 24.0 Å². The van der Waals surface area contributed by atoms with Crippen LogP contribution in [0.2, 0.25) is 0 Å². The van der Waals surface area contributed by atoms with Crippen LogP contribution in [0.1, 0.15) is 12.8 Å². The lowest BCUT2D eigenvalue weighted by molar-refractivity contribution is -0.153. The quantitative estimate of drug-likeness (QED) is 0.464. The van der Waals surface area contributed by atoms with E-state index in [1.54, 1.807) is 0 Å². The minimum absolute atomic E-state index is 0.1000. The van der Waals surface area contributed by atoms with Gasteiger partial charge in [0.15, 0.2) is 0 Å². The molecule has 0 aliphatic carbocycles. The number of rotatable bonds is 0. The van der Waals surface area contributed by atoms with Gasteiger partial charge >= 0.3 is 11.9 Å². The van der Waals surface area contributed by atoms with Crippen LogP contribution in [0.15, 0.2) is 0 Å². The molecule has 1 heterocycles. The Morgan fingerprint density at radius 2 is 1.29 bits per heavy atom. The molecule has 1 fully saturated rings. The Kier molecular flexibility index (Phi) is 3.84. The number of ether oxygens (including phenoxy) is 2. The van der Waals surface area contributed by atoms with Crippen LogP contribution in [-0.2, 0) is 19.1 Å². The normalized spacial score (nSPS) is 30.4. The zero-order valence-electron chi connectivity index (χ0n) is 7.77. The Hall–Kier alpha value is -1.14. The van der Waals surface area contributed by atoms with Gasteiger partial charge in [0.2, 0.25) is 0 Å². The zero-order chi connectivity index (χ0) is 10.6. The van der Waals surface area contributed by atoms with Crippen molar-refractivity contribution in [1.29, 1.82) is 0 Å². The van der Waals surface area contributed by atoms with E-state index in [-0.39, 0.29) is 26.1 Å². The number of hydrogen-bond acceptors (Lipinski definition) is 6. The predicted octanol–water partition coefficient (Wildman–Crippen LogP) is -1.48. The van der Waals surface area contributed by atoms with Gasteiger partial charge in [0, 0.05) is 12.8 Å². The van der Waals surface area contributed by atoms with Gasteiger partial charge in [-0.1, -0.05) is 0 Å². The first-order valence-corrected chi connectivity index (χ1v) is 4.45. The van der Waals surface area contributed by atoms with E-state index in [4.69, 9.17) is 20.9 Å². The van der Waals surface area contributed by atoms with Gasteiger partial charge < -0.3 is 20.9 Å². The summed E-state index contributed by atoms with van der Waals surface area (Å²) in [6, 6.07) is -1.45. The van der Waals surface area contributed by atoms with Crippen molar-refractivity contribution in [3.05, 3.63) is 0 Å². The van der Waals surface area contributed by atoms with Crippen LogP contribution in [-0.4, -0.2) is 37.2 Å². The Morgan fingerprint density at radius 3 is 1.64 bits per heavy atom. The van der Waals surface area contributed by atoms with Crippen molar-refractivity contribution in [1.82, 2.24) is 0 Å². The number of carbonyl (C=O) groups excluding carboxylic acids is 2. The smallest absolute Gasteiger partial charge is 0.323 e. The van der Waals surface area contributed by atoms with Crippen molar-refractivity contribution in [2.24, 2.45) is 11.5 Å². The average molecular weight is 202 g/mol. The monoisotopic (exact) mass is 202 g/mol. The molecule has 4 N–H and O–H groups in total. The molecule has 80 valence electrons. The summed E-state index contributed by atoms with van der Waals surface area (Å²) in [5, 5.41) is 0. The molecule has 0 amide bonds. The molecule has 6 heteroatoms. The Labute approximate surface area is 81.5 Å². The summed E-state index contributed by atoms with van der Waals surface area (Å²) < 4.78 is 9.60. The van der Waals surface area contributed by atoms with E-state index in [0.717, 1.165) is 0 Å². The highest BCUT2D eigenvalue weighted by Crippen LogP contribution is 2.01. The summed E-state index contributed by atoms with van der Waals surface area (Å²) in [5.74, 6) is -0.953. The molecule has 1 aliphatic heterocycles. The van der Waals surface area contributed by atoms with Crippen LogP contribution < -0.4 is 11.5 Å². The van der Waals surface area contributed by atoms with Crippen LogP contribution in [0.4, 0.5) is 0 Å². The highest BCUT2D eigenvalue weighted by Gasteiger charge is 2.21. The van der Waals surface area contributed by atoms with Crippen molar-refractivity contribution in [3.63, 3.8) is 0 Å². The van der Waals surface area contributed by atoms with E-state index in [2.05, 4.69) is 0 Å². The highest BCUT2D eigenvalue weighted by molar-refractivity contribution is 5.77. The molecule has 1 rings (SSSR count). The van der Waals surface area contributed by atoms with E-state index in [1.165, 1.54) is 0 Å². The zero-order valence-corrected chi connectivity index (χ0v) is 7.77. The molecular weight excluding hydrogens is 188 g/mol. The average Bonchev–Trinajstić information content (AvgIpc) is 2.15. The van der Waals surface area contributed by atoms with Crippen LogP contribution in [0.25, 0.3) is 0 Å². The van der Waals surface area contributed by atoms with Gasteiger partial charge in [-0.3, -0.25) is 9.59 Å². The fourth-order valence-electron chi connectivity index (χ4n) is 1.02. The maximum absolute atomic E-state index is 11.1. The molecule has 0 spiro atoms. The molecule has 14 heavy (non-hydrogen) atoms. The minimum Gasteiger partial charge on any atom is -0.464 e. The molecule has 0 radical (unpaired) electrons. The van der Waals surface area contributed by atoms with E-state index in [1.807, 2.05) is 0 Å². The molecule has 0 aromatic heterocycles. The summed E-state index contributed by atoms with van der Waals surface area (Å²) in [7, 11) is 0. The molecule has 1 aliphatic rings. The topological polar surface area (TPSA) is 105 Å². The number of carbonyl (C=O) groups is 2. The predicted molar refractivity (Wildman–Crippen MR) is 47.1 cm³/mol. The molecule has 0 aromatic carbocycles. The Morgan fingerprint density at radius 1 is 0.929 bits per heavy atom. The lowest BCUT2D eigenvalue weighted by Crippen LogP contribution is -2.39. The van der Waals surface area contributed by atoms with Crippen LogP contribution in [0.5, 0.6) is 0 Å². The largest absolute Gasteiger partial charge is 0.464 e. The number of nitrogens with two attached hydrogens (primary N) is 2. The van der Waals surface area contributed by atoms with Crippen LogP contribution >= 0.6 is 0 Å². The first-order valence-electron chi connectivity index (χ1n) is 4.45. The molecule has 1 saturated heterocycles. The van der Waals surface area contributed by atoms with Gasteiger partial charge in [-0.2, -0.15) is 0 Å². The molecule has 0 bridgehead atoms. The van der Waals surface area contributed by atoms with E-state index >= 15 is 0 Å². The van der Waals surface area contributed by atoms with E-state index in [0.29, 0.717) is 0 Å². The third kappa shape index (κ3) is 2.97. The third-order valence-electron chi connectivity index (χ3n) is 1.95. The molecular formula is C8H14N2O4. The standard InChI is InChI=1S/C8H14N2O4/c9-5-1-3-13-8(12)6(10)2-4-14-7(5)11/h5-6H,1-4,9-10H2/t5-,6-/m0/s1. The van der Waals surface area contributed by atoms with Crippen molar-refractivity contribution in [2.75, 3.05) is 13.2 Å². The second-order valence-electron chi connectivity index (χ2n) is 3.13. The van der Waals surface area contributed by atoms with Gasteiger partial charge in [-0.05, 0) is 0 Å². The van der Waals surface area contributed by atoms with Crippen molar-refractivity contribution in [2.45, 2.75) is 24.9 Å². The number of cyclic esters (lactones) is 2. The first-order chi connectivity index (χ1) is 6.61. The fourth-order valence-corrected chi connectivity index (χ4v) is 1.02. The molecule has 0 unspecified atom stereocenters. The van der Waals surface area contributed by atoms with Crippen molar-refractivity contribution >= 4 is 11.9 Å². The maximum Gasteiger partial charge on any atom is 0.323 e. The second-order valence-corrected chi connectivity index (χ2v) is 3.13. The fraction of sp³-hybridized carbons (Fsp3) is 0.750. The van der Waals surface area contributed by atoms with Gasteiger partial charge in [-0.15, -0.1) is 0 Å². The summed E-state index contributed by atoms with van der Waals surface area (Å²) in [5.41, 5.74) is 10.9. The molecule has 2 atom stereocenters. The minimum atomic E-state index is -0.725. The highest BCUT2D eigenvalue weighted by atomic mass is 16.5. The Balaban J connectivity index is 2.51. The number of esters is 2. The maximum atomic E-state index is 11.1. The first kappa shape index (κ1) is 10.9. The summed E-state index contributed by atoms with van der Waals surface area (Å²) in [6.45, 7) is 0.200. The molecule has 6 nitrogen and oxygen atoms in total. The lowest BCUT2D eigenvalue weighted by atomic mass is 10.2. The van der Waals surface area contributed by atoms with Gasteiger partial charge in [-0.25, -0.2) is 0 Å².